The number of primary amides is 1. The third-order valence-electron chi connectivity index (χ3n) is 4.26. The lowest BCUT2D eigenvalue weighted by molar-refractivity contribution is -0.119. The summed E-state index contributed by atoms with van der Waals surface area (Å²) in [5.74, 6) is -0.877. The lowest BCUT2D eigenvalue weighted by Crippen LogP contribution is -2.45. The number of nitrogens with zero attached hydrogens (tertiary/aromatic N) is 2. The van der Waals surface area contributed by atoms with Crippen LogP contribution in [0.1, 0.15) is 41.0 Å². The Bertz CT molecular complexity index is 772. The molecule has 1 aromatic carbocycles. The number of hydrogen-bond acceptors (Lipinski definition) is 3. The number of carbonyl (C=O) groups is 2. The fourth-order valence-corrected chi connectivity index (χ4v) is 3.18. The molecular weight excluding hydrogens is 290 g/mol. The van der Waals surface area contributed by atoms with Gasteiger partial charge in [-0.15, -0.1) is 0 Å². The molecule has 2 heterocycles. The van der Waals surface area contributed by atoms with Crippen LogP contribution in [0, 0.1) is 6.92 Å². The Hall–Kier alpha value is -2.69. The number of rotatable bonds is 2. The number of nitrogens with two attached hydrogens (primary N) is 1. The van der Waals surface area contributed by atoms with E-state index in [1.54, 1.807) is 11.0 Å². The molecule has 5 heteroatoms. The molecule has 0 fully saturated rings. The van der Waals surface area contributed by atoms with Gasteiger partial charge in [-0.05, 0) is 44.0 Å². The Labute approximate surface area is 135 Å². The number of hydrogen-bond donors (Lipinski definition) is 1. The Morgan fingerprint density at radius 1 is 1.17 bits per heavy atom. The second-order valence-corrected chi connectivity index (χ2v) is 5.94. The number of aromatic nitrogens is 1. The maximum atomic E-state index is 12.9. The Morgan fingerprint density at radius 3 is 2.61 bits per heavy atom. The first-order valence-corrected chi connectivity index (χ1v) is 7.64. The molecule has 0 saturated heterocycles. The van der Waals surface area contributed by atoms with Crippen molar-refractivity contribution in [2.45, 2.75) is 32.2 Å². The van der Waals surface area contributed by atoms with Crippen molar-refractivity contribution in [3.05, 3.63) is 59.4 Å². The summed E-state index contributed by atoms with van der Waals surface area (Å²) in [6.45, 7) is 3.78. The van der Waals surface area contributed by atoms with Gasteiger partial charge in [0.15, 0.2) is 0 Å². The first kappa shape index (κ1) is 15.2. The molecule has 2 aromatic rings. The first-order chi connectivity index (χ1) is 11.0. The molecule has 0 saturated carbocycles. The van der Waals surface area contributed by atoms with Gasteiger partial charge in [0.2, 0.25) is 5.91 Å². The summed E-state index contributed by atoms with van der Waals surface area (Å²) in [7, 11) is 0. The number of fused-ring (bicyclic) bond motifs is 1. The highest BCUT2D eigenvalue weighted by Crippen LogP contribution is 2.38. The van der Waals surface area contributed by atoms with Crippen LogP contribution in [0.15, 0.2) is 42.5 Å². The first-order valence-electron chi connectivity index (χ1n) is 7.64. The molecule has 5 nitrogen and oxygen atoms in total. The van der Waals surface area contributed by atoms with Crippen LogP contribution >= 0.6 is 0 Å². The van der Waals surface area contributed by atoms with Gasteiger partial charge in [0, 0.05) is 17.4 Å². The van der Waals surface area contributed by atoms with Gasteiger partial charge in [0.25, 0.3) is 5.91 Å². The van der Waals surface area contributed by atoms with Crippen LogP contribution < -0.4 is 10.6 Å². The quantitative estimate of drug-likeness (QED) is 0.925. The molecule has 1 aliphatic heterocycles. The molecule has 2 N–H and O–H groups in total. The lowest BCUT2D eigenvalue weighted by Gasteiger charge is -2.38. The van der Waals surface area contributed by atoms with E-state index in [0.29, 0.717) is 12.1 Å². The fourth-order valence-electron chi connectivity index (χ4n) is 3.18. The molecule has 23 heavy (non-hydrogen) atoms. The molecule has 3 rings (SSSR count). The fraction of sp³-hybridized carbons (Fsp3) is 0.278. The minimum atomic E-state index is -0.365. The summed E-state index contributed by atoms with van der Waals surface area (Å²) >= 11 is 0. The van der Waals surface area contributed by atoms with Crippen molar-refractivity contribution in [3.63, 3.8) is 0 Å². The zero-order chi connectivity index (χ0) is 16.6. The minimum absolute atomic E-state index is 0.128. The van der Waals surface area contributed by atoms with Crippen molar-refractivity contribution in [1.82, 2.24) is 4.98 Å². The number of para-hydroxylation sites is 1. The van der Waals surface area contributed by atoms with Gasteiger partial charge < -0.3 is 10.6 Å². The average molecular weight is 309 g/mol. The number of carbonyl (C=O) groups excluding carboxylic acids is 2. The minimum Gasteiger partial charge on any atom is -0.369 e. The Morgan fingerprint density at radius 2 is 1.91 bits per heavy atom. The topological polar surface area (TPSA) is 76.3 Å². The summed E-state index contributed by atoms with van der Waals surface area (Å²) in [6.07, 6.45) is 0.518. The van der Waals surface area contributed by atoms with Crippen molar-refractivity contribution in [2.75, 3.05) is 4.90 Å². The maximum absolute atomic E-state index is 12.9. The van der Waals surface area contributed by atoms with E-state index in [-0.39, 0.29) is 23.8 Å². The summed E-state index contributed by atoms with van der Waals surface area (Å²) in [5.41, 5.74) is 8.29. The molecule has 1 aliphatic rings. The molecule has 2 amide bonds. The van der Waals surface area contributed by atoms with Gasteiger partial charge >= 0.3 is 0 Å². The predicted molar refractivity (Wildman–Crippen MR) is 88.2 cm³/mol. The molecule has 0 bridgehead atoms. The molecular formula is C18H19N3O2. The van der Waals surface area contributed by atoms with Crippen LogP contribution in [0.4, 0.5) is 5.69 Å². The smallest absolute Gasteiger partial charge is 0.277 e. The van der Waals surface area contributed by atoms with E-state index >= 15 is 0 Å². The highest BCUT2D eigenvalue weighted by molar-refractivity contribution is 6.06. The third kappa shape index (κ3) is 2.70. The van der Waals surface area contributed by atoms with Crippen molar-refractivity contribution < 1.29 is 9.59 Å². The monoisotopic (exact) mass is 309 g/mol. The maximum Gasteiger partial charge on any atom is 0.277 e. The van der Waals surface area contributed by atoms with Gasteiger partial charge in [-0.3, -0.25) is 9.59 Å². The van der Waals surface area contributed by atoms with E-state index in [4.69, 9.17) is 5.73 Å². The van der Waals surface area contributed by atoms with E-state index in [0.717, 1.165) is 16.9 Å². The Balaban J connectivity index is 2.07. The molecule has 0 aliphatic carbocycles. The highest BCUT2D eigenvalue weighted by Gasteiger charge is 2.36. The van der Waals surface area contributed by atoms with Crippen molar-refractivity contribution >= 4 is 17.5 Å². The second kappa shape index (κ2) is 5.83. The van der Waals surface area contributed by atoms with E-state index in [1.165, 1.54) is 0 Å². The van der Waals surface area contributed by atoms with E-state index in [2.05, 4.69) is 4.98 Å². The number of benzene rings is 1. The van der Waals surface area contributed by atoms with Crippen molar-refractivity contribution in [2.24, 2.45) is 5.73 Å². The number of pyridine rings is 1. The normalized spacial score (nSPS) is 20.0. The third-order valence-corrected chi connectivity index (χ3v) is 4.26. The molecule has 118 valence electrons. The summed E-state index contributed by atoms with van der Waals surface area (Å²) in [6, 6.07) is 12.7. The van der Waals surface area contributed by atoms with Crippen LogP contribution in [0.3, 0.4) is 0 Å². The molecule has 0 unspecified atom stereocenters. The number of aryl methyl sites for hydroxylation is 1. The number of anilines is 1. The van der Waals surface area contributed by atoms with Crippen LogP contribution in [0.25, 0.3) is 0 Å². The van der Waals surface area contributed by atoms with Crippen LogP contribution in [0.2, 0.25) is 0 Å². The average Bonchev–Trinajstić information content (AvgIpc) is 2.53. The number of amides is 2. The highest BCUT2D eigenvalue weighted by atomic mass is 16.2. The van der Waals surface area contributed by atoms with E-state index in [9.17, 15) is 9.59 Å². The Kier molecular flexibility index (Phi) is 3.86. The zero-order valence-corrected chi connectivity index (χ0v) is 13.2. The SMILES string of the molecule is Cc1cccc(C(=O)N2c3ccccc3[C@@H](C(N)=O)C[C@@H]2C)n1. The van der Waals surface area contributed by atoms with E-state index < -0.39 is 0 Å². The van der Waals surface area contributed by atoms with Gasteiger partial charge in [0.05, 0.1) is 5.92 Å². The summed E-state index contributed by atoms with van der Waals surface area (Å²) < 4.78 is 0. The summed E-state index contributed by atoms with van der Waals surface area (Å²) in [4.78, 5) is 30.8. The van der Waals surface area contributed by atoms with Gasteiger partial charge in [-0.25, -0.2) is 4.98 Å². The molecule has 0 spiro atoms. The van der Waals surface area contributed by atoms with Gasteiger partial charge in [0.1, 0.15) is 5.69 Å². The standard InChI is InChI=1S/C18H19N3O2/c1-11-6-5-8-15(20-11)18(23)21-12(2)10-14(17(19)22)13-7-3-4-9-16(13)21/h3-9,12,14H,10H2,1-2H3,(H2,19,22)/t12-,14-/m0/s1. The van der Waals surface area contributed by atoms with Crippen molar-refractivity contribution in [1.29, 1.82) is 0 Å². The predicted octanol–water partition coefficient (Wildman–Crippen LogP) is 2.40. The molecule has 0 radical (unpaired) electrons. The largest absolute Gasteiger partial charge is 0.369 e. The molecule has 2 atom stereocenters. The molecule has 1 aromatic heterocycles. The van der Waals surface area contributed by atoms with Gasteiger partial charge in [-0.2, -0.15) is 0 Å². The van der Waals surface area contributed by atoms with Crippen molar-refractivity contribution in [3.8, 4) is 0 Å². The van der Waals surface area contributed by atoms with Crippen LogP contribution in [-0.2, 0) is 4.79 Å². The van der Waals surface area contributed by atoms with Crippen LogP contribution in [0.5, 0.6) is 0 Å². The second-order valence-electron chi connectivity index (χ2n) is 5.94. The van der Waals surface area contributed by atoms with Crippen LogP contribution in [-0.4, -0.2) is 22.8 Å². The lowest BCUT2D eigenvalue weighted by atomic mass is 9.85. The van der Waals surface area contributed by atoms with Gasteiger partial charge in [-0.1, -0.05) is 24.3 Å². The van der Waals surface area contributed by atoms with E-state index in [1.807, 2.05) is 50.2 Å². The zero-order valence-electron chi connectivity index (χ0n) is 13.2. The summed E-state index contributed by atoms with van der Waals surface area (Å²) in [5, 5.41) is 0.